The summed E-state index contributed by atoms with van der Waals surface area (Å²) in [4.78, 5) is 13.7. The van der Waals surface area contributed by atoms with Gasteiger partial charge in [-0.1, -0.05) is 40.2 Å². The topological polar surface area (TPSA) is 29.5 Å². The van der Waals surface area contributed by atoms with Crippen molar-refractivity contribution in [1.29, 1.82) is 0 Å². The van der Waals surface area contributed by atoms with Gasteiger partial charge in [-0.05, 0) is 5.56 Å². The molecule has 16 heavy (non-hydrogen) atoms. The van der Waals surface area contributed by atoms with E-state index in [9.17, 15) is 4.79 Å². The van der Waals surface area contributed by atoms with Crippen molar-refractivity contribution in [1.82, 2.24) is 4.90 Å². The van der Waals surface area contributed by atoms with Crippen molar-refractivity contribution in [3.8, 4) is 0 Å². The van der Waals surface area contributed by atoms with E-state index in [1.54, 1.807) is 6.26 Å². The number of rotatable bonds is 4. The molecule has 0 amide bonds. The van der Waals surface area contributed by atoms with E-state index in [0.717, 1.165) is 11.1 Å². The van der Waals surface area contributed by atoms with Crippen LogP contribution in [0.4, 0.5) is 0 Å². The molecule has 0 N–H and O–H groups in total. The molecule has 1 heterocycles. The first-order valence-corrected chi connectivity index (χ1v) is 6.13. The fraction of sp³-hybridized carbons (Fsp3) is 0.250. The standard InChI is InChI=1S/C12H12BrNO2/c13-7-12(15)11-4-2-1-3-10(11)8-14-5-6-16-9-14/h1-6H,7-9H2. The molecule has 1 aliphatic rings. The molecular formula is C12H12BrNO2. The third-order valence-electron chi connectivity index (χ3n) is 2.42. The number of carbonyl (C=O) groups excluding carboxylic acids is 1. The van der Waals surface area contributed by atoms with Gasteiger partial charge in [0.25, 0.3) is 0 Å². The lowest BCUT2D eigenvalue weighted by Crippen LogP contribution is -2.17. The van der Waals surface area contributed by atoms with Crippen LogP contribution in [0.5, 0.6) is 0 Å². The third kappa shape index (κ3) is 2.44. The van der Waals surface area contributed by atoms with Gasteiger partial charge in [0.1, 0.15) is 6.26 Å². The lowest BCUT2D eigenvalue weighted by Gasteiger charge is -2.15. The summed E-state index contributed by atoms with van der Waals surface area (Å²) in [7, 11) is 0. The summed E-state index contributed by atoms with van der Waals surface area (Å²) >= 11 is 3.20. The fourth-order valence-corrected chi connectivity index (χ4v) is 1.93. The van der Waals surface area contributed by atoms with Crippen molar-refractivity contribution >= 4 is 21.7 Å². The molecule has 0 saturated carbocycles. The number of ether oxygens (including phenoxy) is 1. The highest BCUT2D eigenvalue weighted by atomic mass is 79.9. The molecule has 3 nitrogen and oxygen atoms in total. The van der Waals surface area contributed by atoms with Gasteiger partial charge in [-0.2, -0.15) is 0 Å². The Morgan fingerprint density at radius 3 is 2.94 bits per heavy atom. The van der Waals surface area contributed by atoms with Crippen LogP contribution in [0.15, 0.2) is 36.7 Å². The summed E-state index contributed by atoms with van der Waals surface area (Å²) in [6.07, 6.45) is 3.55. The van der Waals surface area contributed by atoms with Gasteiger partial charge in [-0.15, -0.1) is 0 Å². The monoisotopic (exact) mass is 281 g/mol. The number of benzene rings is 1. The van der Waals surface area contributed by atoms with Crippen molar-refractivity contribution in [2.24, 2.45) is 0 Å². The molecule has 1 aromatic carbocycles. The Kier molecular flexibility index (Phi) is 3.62. The normalized spacial score (nSPS) is 13.9. The molecule has 0 atom stereocenters. The predicted octanol–water partition coefficient (Wildman–Crippen LogP) is 2.53. The quantitative estimate of drug-likeness (QED) is 0.628. The first kappa shape index (κ1) is 11.2. The van der Waals surface area contributed by atoms with E-state index in [1.165, 1.54) is 0 Å². The second-order valence-corrected chi connectivity index (χ2v) is 4.10. The molecule has 1 aliphatic heterocycles. The van der Waals surface area contributed by atoms with E-state index in [2.05, 4.69) is 15.9 Å². The number of ketones is 1. The molecular weight excluding hydrogens is 270 g/mol. The number of Topliss-reactive ketones (excluding diaryl/α,β-unsaturated/α-hetero) is 1. The van der Waals surface area contributed by atoms with Gasteiger partial charge in [0.2, 0.25) is 0 Å². The van der Waals surface area contributed by atoms with Crippen molar-refractivity contribution < 1.29 is 9.53 Å². The first-order chi connectivity index (χ1) is 7.81. The maximum Gasteiger partial charge on any atom is 0.173 e. The zero-order chi connectivity index (χ0) is 11.4. The molecule has 84 valence electrons. The number of nitrogens with zero attached hydrogens (tertiary/aromatic N) is 1. The highest BCUT2D eigenvalue weighted by Crippen LogP contribution is 2.15. The van der Waals surface area contributed by atoms with E-state index in [0.29, 0.717) is 18.6 Å². The Morgan fingerprint density at radius 1 is 1.44 bits per heavy atom. The van der Waals surface area contributed by atoms with Gasteiger partial charge in [0.05, 0.1) is 5.33 Å². The van der Waals surface area contributed by atoms with Crippen molar-refractivity contribution in [2.45, 2.75) is 6.54 Å². The van der Waals surface area contributed by atoms with Gasteiger partial charge in [-0.25, -0.2) is 0 Å². The van der Waals surface area contributed by atoms with Crippen LogP contribution in [-0.4, -0.2) is 22.7 Å². The van der Waals surface area contributed by atoms with Crippen LogP contribution in [0.2, 0.25) is 0 Å². The molecule has 0 fully saturated rings. The summed E-state index contributed by atoms with van der Waals surface area (Å²) < 4.78 is 5.11. The molecule has 0 aliphatic carbocycles. The van der Waals surface area contributed by atoms with Crippen molar-refractivity contribution in [2.75, 3.05) is 12.1 Å². The van der Waals surface area contributed by atoms with Gasteiger partial charge in [0.15, 0.2) is 12.5 Å². The van der Waals surface area contributed by atoms with Crippen LogP contribution < -0.4 is 0 Å². The second kappa shape index (κ2) is 5.16. The van der Waals surface area contributed by atoms with Gasteiger partial charge in [-0.3, -0.25) is 4.79 Å². The van der Waals surface area contributed by atoms with Crippen LogP contribution in [0.25, 0.3) is 0 Å². The summed E-state index contributed by atoms with van der Waals surface area (Å²) in [6, 6.07) is 7.67. The largest absolute Gasteiger partial charge is 0.479 e. The van der Waals surface area contributed by atoms with Crippen LogP contribution in [0, 0.1) is 0 Å². The van der Waals surface area contributed by atoms with Gasteiger partial charge in [0, 0.05) is 18.3 Å². The second-order valence-electron chi connectivity index (χ2n) is 3.54. The minimum atomic E-state index is 0.111. The van der Waals surface area contributed by atoms with E-state index >= 15 is 0 Å². The average molecular weight is 282 g/mol. The highest BCUT2D eigenvalue weighted by molar-refractivity contribution is 9.09. The Labute approximate surface area is 103 Å². The number of halogens is 1. The maximum atomic E-state index is 11.7. The minimum Gasteiger partial charge on any atom is -0.479 e. The zero-order valence-corrected chi connectivity index (χ0v) is 10.3. The lowest BCUT2D eigenvalue weighted by atomic mass is 10.0. The molecule has 0 aromatic heterocycles. The molecule has 0 unspecified atom stereocenters. The fourth-order valence-electron chi connectivity index (χ4n) is 1.63. The van der Waals surface area contributed by atoms with Crippen LogP contribution in [0.3, 0.4) is 0 Å². The smallest absolute Gasteiger partial charge is 0.173 e. The molecule has 0 bridgehead atoms. The van der Waals surface area contributed by atoms with Crippen LogP contribution in [-0.2, 0) is 11.3 Å². The van der Waals surface area contributed by atoms with E-state index in [1.807, 2.05) is 35.4 Å². The number of carbonyl (C=O) groups is 1. The molecule has 0 spiro atoms. The Bertz CT molecular complexity index is 417. The van der Waals surface area contributed by atoms with Crippen molar-refractivity contribution in [3.05, 3.63) is 47.9 Å². The van der Waals surface area contributed by atoms with E-state index in [4.69, 9.17) is 4.74 Å². The zero-order valence-electron chi connectivity index (χ0n) is 8.73. The molecule has 2 rings (SSSR count). The molecule has 0 radical (unpaired) electrons. The number of alkyl halides is 1. The summed E-state index contributed by atoms with van der Waals surface area (Å²) in [5, 5.41) is 0.357. The Balaban J connectivity index is 2.18. The van der Waals surface area contributed by atoms with Gasteiger partial charge >= 0.3 is 0 Å². The first-order valence-electron chi connectivity index (χ1n) is 5.00. The summed E-state index contributed by atoms with van der Waals surface area (Å²) in [6.45, 7) is 1.25. The Morgan fingerprint density at radius 2 is 2.25 bits per heavy atom. The predicted molar refractivity (Wildman–Crippen MR) is 65.2 cm³/mol. The third-order valence-corrected chi connectivity index (χ3v) is 2.93. The van der Waals surface area contributed by atoms with E-state index in [-0.39, 0.29) is 5.78 Å². The minimum absolute atomic E-state index is 0.111. The van der Waals surface area contributed by atoms with E-state index < -0.39 is 0 Å². The van der Waals surface area contributed by atoms with Crippen LogP contribution in [0.1, 0.15) is 15.9 Å². The maximum absolute atomic E-state index is 11.7. The molecule has 0 saturated heterocycles. The highest BCUT2D eigenvalue weighted by Gasteiger charge is 2.12. The summed E-state index contributed by atoms with van der Waals surface area (Å²) in [5.74, 6) is 0.111. The number of hydrogen-bond donors (Lipinski definition) is 0. The number of hydrogen-bond acceptors (Lipinski definition) is 3. The Hall–Kier alpha value is -1.29. The molecule has 1 aromatic rings. The lowest BCUT2D eigenvalue weighted by molar-refractivity contribution is 0.102. The van der Waals surface area contributed by atoms with Crippen molar-refractivity contribution in [3.63, 3.8) is 0 Å². The SMILES string of the molecule is O=C(CBr)c1ccccc1CN1C=COC1. The van der Waals surface area contributed by atoms with Gasteiger partial charge < -0.3 is 9.64 Å². The average Bonchev–Trinajstić information content (AvgIpc) is 2.82. The van der Waals surface area contributed by atoms with Crippen LogP contribution >= 0.6 is 15.9 Å². The summed E-state index contributed by atoms with van der Waals surface area (Å²) in [5.41, 5.74) is 1.81. The molecule has 4 heteroatoms.